The Hall–Kier alpha value is -0.370. The molecule has 0 aromatic carbocycles. The van der Waals surface area contributed by atoms with Crippen molar-refractivity contribution in [2.45, 2.75) is 51.9 Å². The Morgan fingerprint density at radius 1 is 1.38 bits per heavy atom. The number of carbonyl (C=O) groups is 1. The number of hydrogen-bond acceptors (Lipinski definition) is 2. The summed E-state index contributed by atoms with van der Waals surface area (Å²) in [6.07, 6.45) is 9.50. The molecule has 16 heavy (non-hydrogen) atoms. The van der Waals surface area contributed by atoms with Gasteiger partial charge in [-0.25, -0.2) is 0 Å². The van der Waals surface area contributed by atoms with Crippen LogP contribution in [0.4, 0.5) is 0 Å². The molecule has 2 aliphatic rings. The predicted octanol–water partition coefficient (Wildman–Crippen LogP) is 3.20. The summed E-state index contributed by atoms with van der Waals surface area (Å²) in [6.45, 7) is 4.05. The fourth-order valence-corrected chi connectivity index (χ4v) is 3.50. The summed E-state index contributed by atoms with van der Waals surface area (Å²) < 4.78 is 5.52. The Kier molecular flexibility index (Phi) is 4.01. The van der Waals surface area contributed by atoms with E-state index in [1.807, 2.05) is 0 Å². The molecule has 1 aliphatic heterocycles. The SMILES string of the molecule is CCC1CCC(C=O)(CC2CCCOC2)C1. The van der Waals surface area contributed by atoms with Crippen LogP contribution in [0.3, 0.4) is 0 Å². The third kappa shape index (κ3) is 2.65. The van der Waals surface area contributed by atoms with Crippen LogP contribution in [0, 0.1) is 17.3 Å². The molecule has 2 heteroatoms. The topological polar surface area (TPSA) is 26.3 Å². The van der Waals surface area contributed by atoms with Gasteiger partial charge in [-0.15, -0.1) is 0 Å². The summed E-state index contributed by atoms with van der Waals surface area (Å²) >= 11 is 0. The molecule has 0 aromatic heterocycles. The lowest BCUT2D eigenvalue weighted by Crippen LogP contribution is -2.27. The summed E-state index contributed by atoms with van der Waals surface area (Å²) in [5.74, 6) is 1.42. The van der Waals surface area contributed by atoms with Crippen LogP contribution in [0.25, 0.3) is 0 Å². The van der Waals surface area contributed by atoms with Crippen LogP contribution in [-0.4, -0.2) is 19.5 Å². The van der Waals surface area contributed by atoms with Gasteiger partial charge in [0.05, 0.1) is 0 Å². The van der Waals surface area contributed by atoms with E-state index in [4.69, 9.17) is 4.74 Å². The van der Waals surface area contributed by atoms with Crippen molar-refractivity contribution < 1.29 is 9.53 Å². The average molecular weight is 224 g/mol. The van der Waals surface area contributed by atoms with E-state index in [9.17, 15) is 4.79 Å². The van der Waals surface area contributed by atoms with Gasteiger partial charge in [0.15, 0.2) is 0 Å². The summed E-state index contributed by atoms with van der Waals surface area (Å²) in [5.41, 5.74) is 0.00600. The summed E-state index contributed by atoms with van der Waals surface area (Å²) in [7, 11) is 0. The molecule has 2 nitrogen and oxygen atoms in total. The second-order valence-corrected chi connectivity index (χ2v) is 5.78. The number of carbonyl (C=O) groups excluding carboxylic acids is 1. The zero-order chi connectivity index (χ0) is 11.4. The first kappa shape index (κ1) is 12.1. The predicted molar refractivity (Wildman–Crippen MR) is 64.3 cm³/mol. The van der Waals surface area contributed by atoms with Crippen molar-refractivity contribution in [1.82, 2.24) is 0 Å². The van der Waals surface area contributed by atoms with Crippen molar-refractivity contribution in [3.63, 3.8) is 0 Å². The molecule has 0 spiro atoms. The highest BCUT2D eigenvalue weighted by atomic mass is 16.5. The van der Waals surface area contributed by atoms with Gasteiger partial charge in [0.1, 0.15) is 6.29 Å². The highest BCUT2D eigenvalue weighted by molar-refractivity contribution is 5.60. The minimum atomic E-state index is 0.00600. The van der Waals surface area contributed by atoms with Crippen molar-refractivity contribution >= 4 is 6.29 Å². The van der Waals surface area contributed by atoms with E-state index in [0.29, 0.717) is 5.92 Å². The van der Waals surface area contributed by atoms with Crippen molar-refractivity contribution in [3.05, 3.63) is 0 Å². The van der Waals surface area contributed by atoms with Gasteiger partial charge < -0.3 is 9.53 Å². The second kappa shape index (κ2) is 5.31. The first-order valence-corrected chi connectivity index (χ1v) is 6.82. The number of rotatable bonds is 4. The summed E-state index contributed by atoms with van der Waals surface area (Å²) in [5, 5.41) is 0. The van der Waals surface area contributed by atoms with Crippen molar-refractivity contribution in [2.24, 2.45) is 17.3 Å². The molecule has 0 radical (unpaired) electrons. The third-order valence-corrected chi connectivity index (χ3v) is 4.52. The molecule has 1 heterocycles. The Bertz CT molecular complexity index is 233. The van der Waals surface area contributed by atoms with Gasteiger partial charge in [-0.1, -0.05) is 13.3 Å². The van der Waals surface area contributed by atoms with Gasteiger partial charge in [-0.2, -0.15) is 0 Å². The van der Waals surface area contributed by atoms with Crippen LogP contribution < -0.4 is 0 Å². The van der Waals surface area contributed by atoms with E-state index in [1.165, 1.54) is 32.0 Å². The van der Waals surface area contributed by atoms with Crippen LogP contribution >= 0.6 is 0 Å². The van der Waals surface area contributed by atoms with E-state index >= 15 is 0 Å². The molecule has 2 fully saturated rings. The molecule has 0 amide bonds. The number of aldehydes is 1. The monoisotopic (exact) mass is 224 g/mol. The first-order chi connectivity index (χ1) is 7.78. The normalized spacial score (nSPS) is 39.8. The van der Waals surface area contributed by atoms with Gasteiger partial charge in [0, 0.05) is 18.6 Å². The molecule has 2 rings (SSSR count). The zero-order valence-electron chi connectivity index (χ0n) is 10.4. The molecule has 3 unspecified atom stereocenters. The molecule has 0 bridgehead atoms. The fraction of sp³-hybridized carbons (Fsp3) is 0.929. The van der Waals surface area contributed by atoms with E-state index in [2.05, 4.69) is 6.92 Å². The summed E-state index contributed by atoms with van der Waals surface area (Å²) in [6, 6.07) is 0. The first-order valence-electron chi connectivity index (χ1n) is 6.82. The van der Waals surface area contributed by atoms with E-state index < -0.39 is 0 Å². The lowest BCUT2D eigenvalue weighted by Gasteiger charge is -2.30. The fourth-order valence-electron chi connectivity index (χ4n) is 3.50. The summed E-state index contributed by atoms with van der Waals surface area (Å²) in [4.78, 5) is 11.4. The molecule has 1 saturated carbocycles. The molecule has 0 aromatic rings. The van der Waals surface area contributed by atoms with Crippen LogP contribution in [0.1, 0.15) is 51.9 Å². The Balaban J connectivity index is 1.91. The lowest BCUT2D eigenvalue weighted by molar-refractivity contribution is -0.117. The Morgan fingerprint density at radius 3 is 2.81 bits per heavy atom. The van der Waals surface area contributed by atoms with E-state index in [0.717, 1.165) is 38.4 Å². The molecule has 92 valence electrons. The molecule has 1 aliphatic carbocycles. The minimum absolute atomic E-state index is 0.00600. The maximum Gasteiger partial charge on any atom is 0.126 e. The minimum Gasteiger partial charge on any atom is -0.381 e. The third-order valence-electron chi connectivity index (χ3n) is 4.52. The smallest absolute Gasteiger partial charge is 0.126 e. The molecule has 0 N–H and O–H groups in total. The highest BCUT2D eigenvalue weighted by Gasteiger charge is 2.40. The molecular formula is C14H24O2. The molecule has 1 saturated heterocycles. The van der Waals surface area contributed by atoms with Crippen molar-refractivity contribution in [2.75, 3.05) is 13.2 Å². The van der Waals surface area contributed by atoms with Gasteiger partial charge >= 0.3 is 0 Å². The van der Waals surface area contributed by atoms with Gasteiger partial charge in [0.25, 0.3) is 0 Å². The van der Waals surface area contributed by atoms with Crippen LogP contribution in [0.5, 0.6) is 0 Å². The Morgan fingerprint density at radius 2 is 2.25 bits per heavy atom. The van der Waals surface area contributed by atoms with Crippen LogP contribution in [-0.2, 0) is 9.53 Å². The maximum absolute atomic E-state index is 11.4. The molecule has 3 atom stereocenters. The van der Waals surface area contributed by atoms with Gasteiger partial charge in [-0.3, -0.25) is 0 Å². The van der Waals surface area contributed by atoms with Crippen LogP contribution in [0.15, 0.2) is 0 Å². The molecular weight excluding hydrogens is 200 g/mol. The second-order valence-electron chi connectivity index (χ2n) is 5.78. The van der Waals surface area contributed by atoms with E-state index in [1.54, 1.807) is 0 Å². The Labute approximate surface area is 98.7 Å². The highest BCUT2D eigenvalue weighted by Crippen LogP contribution is 2.46. The van der Waals surface area contributed by atoms with Crippen molar-refractivity contribution in [3.8, 4) is 0 Å². The largest absolute Gasteiger partial charge is 0.381 e. The standard InChI is InChI=1S/C14H24O2/c1-2-12-5-6-14(8-12,11-15)9-13-4-3-7-16-10-13/h11-13H,2-10H2,1H3. The van der Waals surface area contributed by atoms with Crippen LogP contribution in [0.2, 0.25) is 0 Å². The van der Waals surface area contributed by atoms with Crippen molar-refractivity contribution in [1.29, 1.82) is 0 Å². The number of ether oxygens (including phenoxy) is 1. The quantitative estimate of drug-likeness (QED) is 0.685. The number of hydrogen-bond donors (Lipinski definition) is 0. The maximum atomic E-state index is 11.4. The average Bonchev–Trinajstić information content (AvgIpc) is 2.75. The zero-order valence-corrected chi connectivity index (χ0v) is 10.4. The van der Waals surface area contributed by atoms with Gasteiger partial charge in [-0.05, 0) is 50.4 Å². The van der Waals surface area contributed by atoms with E-state index in [-0.39, 0.29) is 5.41 Å². The van der Waals surface area contributed by atoms with Gasteiger partial charge in [0.2, 0.25) is 0 Å². The lowest BCUT2D eigenvalue weighted by atomic mass is 9.77.